The minimum Gasteiger partial charge on any atom is -0.435 e. The van der Waals surface area contributed by atoms with Gasteiger partial charge in [-0.15, -0.1) is 0 Å². The largest absolute Gasteiger partial charge is 0.435 e. The lowest BCUT2D eigenvalue weighted by Gasteiger charge is -2.19. The van der Waals surface area contributed by atoms with E-state index in [2.05, 4.69) is 20.0 Å². The van der Waals surface area contributed by atoms with Gasteiger partial charge < -0.3 is 15.0 Å². The molecule has 2 aliphatic carbocycles. The molecule has 142 valence electrons. The minimum atomic E-state index is -2.88. The van der Waals surface area contributed by atoms with Gasteiger partial charge in [-0.25, -0.2) is 4.98 Å². The molecule has 8 heteroatoms. The van der Waals surface area contributed by atoms with Crippen LogP contribution in [0.4, 0.5) is 8.78 Å². The molecule has 1 heterocycles. The number of aromatic amines is 1. The minimum absolute atomic E-state index is 0.0694. The fourth-order valence-electron chi connectivity index (χ4n) is 3.12. The second kappa shape index (κ2) is 7.09. The van der Waals surface area contributed by atoms with Crippen LogP contribution in [0, 0.1) is 5.92 Å². The molecule has 2 saturated carbocycles. The highest BCUT2D eigenvalue weighted by Crippen LogP contribution is 2.41. The van der Waals surface area contributed by atoms with Crippen LogP contribution in [0.1, 0.15) is 59.5 Å². The smallest absolute Gasteiger partial charge is 0.387 e. The highest BCUT2D eigenvalue weighted by atomic mass is 19.3. The summed E-state index contributed by atoms with van der Waals surface area (Å²) in [6, 6.07) is 7.19. The van der Waals surface area contributed by atoms with Crippen LogP contribution in [-0.4, -0.2) is 22.5 Å². The first-order valence-electron chi connectivity index (χ1n) is 8.96. The Morgan fingerprint density at radius 3 is 2.48 bits per heavy atom. The molecule has 0 aliphatic heterocycles. The topological polar surface area (TPSA) is 84.1 Å². The standard InChI is InChI=1S/C19H19F2N3O3/c20-19(21)27-13-7-5-11(6-8-13)16(10-1-2-10)24-18(26)14-9-15(25)23-17(22-14)12-3-4-12/h5-10,12,16,19H,1-4H2,(H,24,26)(H,22,23,25)/t16-/m1/s1. The van der Waals surface area contributed by atoms with Crippen LogP contribution in [-0.2, 0) is 0 Å². The van der Waals surface area contributed by atoms with E-state index >= 15 is 0 Å². The summed E-state index contributed by atoms with van der Waals surface area (Å²) in [6.45, 7) is -2.88. The van der Waals surface area contributed by atoms with Crippen molar-refractivity contribution in [3.05, 3.63) is 57.8 Å². The van der Waals surface area contributed by atoms with E-state index in [0.29, 0.717) is 5.82 Å². The maximum absolute atomic E-state index is 12.7. The number of rotatable bonds is 7. The van der Waals surface area contributed by atoms with Crippen LogP contribution in [0.5, 0.6) is 5.75 Å². The Bertz CT molecular complexity index is 890. The van der Waals surface area contributed by atoms with Gasteiger partial charge in [0.2, 0.25) is 0 Å². The number of H-pyrrole nitrogens is 1. The molecule has 6 nitrogen and oxygen atoms in total. The number of nitrogens with one attached hydrogen (secondary N) is 2. The Balaban J connectivity index is 1.52. The molecule has 0 bridgehead atoms. The predicted octanol–water partition coefficient (Wildman–Crippen LogP) is 3.13. The first kappa shape index (κ1) is 17.6. The van der Waals surface area contributed by atoms with Crippen molar-refractivity contribution in [2.24, 2.45) is 5.92 Å². The van der Waals surface area contributed by atoms with E-state index in [9.17, 15) is 18.4 Å². The number of nitrogens with zero attached hydrogens (tertiary/aromatic N) is 1. The zero-order valence-corrected chi connectivity index (χ0v) is 14.5. The average Bonchev–Trinajstić information content (AvgIpc) is 3.52. The van der Waals surface area contributed by atoms with Gasteiger partial charge in [0.05, 0.1) is 6.04 Å². The van der Waals surface area contributed by atoms with Crippen molar-refractivity contribution in [2.45, 2.75) is 44.3 Å². The molecule has 1 atom stereocenters. The molecule has 2 N–H and O–H groups in total. The van der Waals surface area contributed by atoms with Crippen LogP contribution >= 0.6 is 0 Å². The van der Waals surface area contributed by atoms with Gasteiger partial charge in [0.1, 0.15) is 17.3 Å². The van der Waals surface area contributed by atoms with Gasteiger partial charge in [-0.3, -0.25) is 9.59 Å². The van der Waals surface area contributed by atoms with Crippen molar-refractivity contribution >= 4 is 5.91 Å². The molecule has 0 saturated heterocycles. The Kier molecular flexibility index (Phi) is 4.63. The second-order valence-corrected chi connectivity index (χ2v) is 7.03. The summed E-state index contributed by atoms with van der Waals surface area (Å²) >= 11 is 0. The van der Waals surface area contributed by atoms with E-state index in [4.69, 9.17) is 0 Å². The zero-order valence-electron chi connectivity index (χ0n) is 14.5. The van der Waals surface area contributed by atoms with Crippen molar-refractivity contribution in [1.29, 1.82) is 0 Å². The van der Waals surface area contributed by atoms with E-state index in [1.807, 2.05) is 0 Å². The SMILES string of the molecule is O=C(N[C@@H](c1ccc(OC(F)F)cc1)C1CC1)c1cc(=O)[nH]c(C2CC2)n1. The highest BCUT2D eigenvalue weighted by Gasteiger charge is 2.34. The molecular weight excluding hydrogens is 356 g/mol. The van der Waals surface area contributed by atoms with Gasteiger partial charge in [-0.05, 0) is 49.3 Å². The second-order valence-electron chi connectivity index (χ2n) is 7.03. The molecular formula is C19H19F2N3O3. The van der Waals surface area contributed by atoms with E-state index in [0.717, 1.165) is 31.2 Å². The summed E-state index contributed by atoms with van der Waals surface area (Å²) in [5.74, 6) is 0.727. The number of alkyl halides is 2. The molecule has 2 aliphatic rings. The maximum Gasteiger partial charge on any atom is 0.387 e. The number of ether oxygens (including phenoxy) is 1. The summed E-state index contributed by atoms with van der Waals surface area (Å²) in [4.78, 5) is 31.5. The number of hydrogen-bond donors (Lipinski definition) is 2. The quantitative estimate of drug-likeness (QED) is 0.779. The molecule has 0 radical (unpaired) electrons. The third kappa shape index (κ3) is 4.32. The molecule has 27 heavy (non-hydrogen) atoms. The van der Waals surface area contributed by atoms with Gasteiger partial charge in [0.25, 0.3) is 11.5 Å². The number of halogens is 2. The van der Waals surface area contributed by atoms with Crippen LogP contribution in [0.2, 0.25) is 0 Å². The highest BCUT2D eigenvalue weighted by molar-refractivity contribution is 5.92. The van der Waals surface area contributed by atoms with Crippen LogP contribution in [0.15, 0.2) is 35.1 Å². The third-order valence-corrected chi connectivity index (χ3v) is 4.80. The molecule has 0 unspecified atom stereocenters. The molecule has 4 rings (SSSR count). The van der Waals surface area contributed by atoms with Crippen LogP contribution in [0.3, 0.4) is 0 Å². The monoisotopic (exact) mass is 375 g/mol. The lowest BCUT2D eigenvalue weighted by atomic mass is 10.0. The fraction of sp³-hybridized carbons (Fsp3) is 0.421. The Hall–Kier alpha value is -2.77. The maximum atomic E-state index is 12.7. The van der Waals surface area contributed by atoms with E-state index in [-0.39, 0.29) is 34.9 Å². The van der Waals surface area contributed by atoms with Crippen LogP contribution < -0.4 is 15.6 Å². The van der Waals surface area contributed by atoms with E-state index in [1.165, 1.54) is 18.2 Å². The van der Waals surface area contributed by atoms with Gasteiger partial charge in [0, 0.05) is 12.0 Å². The van der Waals surface area contributed by atoms with Gasteiger partial charge in [0.15, 0.2) is 0 Å². The first-order chi connectivity index (χ1) is 13.0. The number of amides is 1. The normalized spacial score (nSPS) is 17.6. The third-order valence-electron chi connectivity index (χ3n) is 4.80. The van der Waals surface area contributed by atoms with Gasteiger partial charge in [-0.2, -0.15) is 8.78 Å². The molecule has 1 amide bonds. The molecule has 2 fully saturated rings. The Morgan fingerprint density at radius 2 is 1.89 bits per heavy atom. The Labute approximate surface area is 154 Å². The summed E-state index contributed by atoms with van der Waals surface area (Å²) in [5, 5.41) is 2.94. The fourth-order valence-corrected chi connectivity index (χ4v) is 3.12. The summed E-state index contributed by atoms with van der Waals surface area (Å²) in [6.07, 6.45) is 3.87. The summed E-state index contributed by atoms with van der Waals surface area (Å²) < 4.78 is 28.9. The Morgan fingerprint density at radius 1 is 1.19 bits per heavy atom. The number of aromatic nitrogens is 2. The van der Waals surface area contributed by atoms with Crippen LogP contribution in [0.25, 0.3) is 0 Å². The lowest BCUT2D eigenvalue weighted by Crippen LogP contribution is -2.32. The summed E-state index contributed by atoms with van der Waals surface area (Å²) in [7, 11) is 0. The van der Waals surface area contributed by atoms with Gasteiger partial charge >= 0.3 is 6.61 Å². The molecule has 1 aromatic heterocycles. The van der Waals surface area contributed by atoms with E-state index in [1.54, 1.807) is 12.1 Å². The number of carbonyl (C=O) groups is 1. The van der Waals surface area contributed by atoms with Gasteiger partial charge in [-0.1, -0.05) is 12.1 Å². The molecule has 0 spiro atoms. The first-order valence-corrected chi connectivity index (χ1v) is 8.96. The molecule has 1 aromatic carbocycles. The zero-order chi connectivity index (χ0) is 19.0. The summed E-state index contributed by atoms with van der Waals surface area (Å²) in [5.41, 5.74) is 0.567. The number of hydrogen-bond acceptors (Lipinski definition) is 4. The predicted molar refractivity (Wildman–Crippen MR) is 92.8 cm³/mol. The van der Waals surface area contributed by atoms with E-state index < -0.39 is 12.5 Å². The number of carbonyl (C=O) groups excluding carboxylic acids is 1. The van der Waals surface area contributed by atoms with Crippen molar-refractivity contribution in [2.75, 3.05) is 0 Å². The van der Waals surface area contributed by atoms with Crippen molar-refractivity contribution < 1.29 is 18.3 Å². The molecule has 2 aromatic rings. The number of benzene rings is 1. The lowest BCUT2D eigenvalue weighted by molar-refractivity contribution is -0.0498. The van der Waals surface area contributed by atoms with Crippen molar-refractivity contribution in [3.8, 4) is 5.75 Å². The van der Waals surface area contributed by atoms with Crippen molar-refractivity contribution in [1.82, 2.24) is 15.3 Å². The van der Waals surface area contributed by atoms with Crippen molar-refractivity contribution in [3.63, 3.8) is 0 Å². The average molecular weight is 375 g/mol.